The lowest BCUT2D eigenvalue weighted by atomic mass is 10.2. The first-order chi connectivity index (χ1) is 11.5. The van der Waals surface area contributed by atoms with Gasteiger partial charge in [0.2, 0.25) is 5.82 Å². The molecule has 3 aromatic rings. The molecule has 0 saturated carbocycles. The van der Waals surface area contributed by atoms with E-state index >= 15 is 0 Å². The summed E-state index contributed by atoms with van der Waals surface area (Å²) in [7, 11) is 0. The number of halogens is 2. The Labute approximate surface area is 145 Å². The Morgan fingerprint density at radius 1 is 1.25 bits per heavy atom. The number of aromatic nitrogens is 4. The molecule has 0 aliphatic carbocycles. The fourth-order valence-electron chi connectivity index (χ4n) is 2.02. The molecule has 24 heavy (non-hydrogen) atoms. The zero-order valence-corrected chi connectivity index (χ0v) is 14.2. The molecule has 0 spiro atoms. The summed E-state index contributed by atoms with van der Waals surface area (Å²) in [6, 6.07) is 12.4. The lowest BCUT2D eigenvalue weighted by Crippen LogP contribution is -2.25. The van der Waals surface area contributed by atoms with E-state index in [1.54, 1.807) is 31.2 Å². The van der Waals surface area contributed by atoms with Crippen LogP contribution >= 0.6 is 15.9 Å². The lowest BCUT2D eigenvalue weighted by molar-refractivity contribution is -0.119. The van der Waals surface area contributed by atoms with Gasteiger partial charge in [-0.15, -0.1) is 10.2 Å². The number of benzene rings is 2. The molecule has 0 fully saturated rings. The number of nitrogens with zero attached hydrogens (tertiary/aromatic N) is 4. The number of rotatable bonds is 4. The number of hydrogen-bond acceptors (Lipinski definition) is 4. The monoisotopic (exact) mass is 389 g/mol. The highest BCUT2D eigenvalue weighted by Gasteiger charge is 2.19. The van der Waals surface area contributed by atoms with E-state index in [-0.39, 0.29) is 17.5 Å². The maximum atomic E-state index is 13.3. The number of carbonyl (C=O) groups excluding carboxylic acids is 1. The molecule has 0 bridgehead atoms. The van der Waals surface area contributed by atoms with E-state index in [0.29, 0.717) is 11.3 Å². The van der Waals surface area contributed by atoms with Crippen molar-refractivity contribution in [1.29, 1.82) is 0 Å². The minimum Gasteiger partial charge on any atom is -0.324 e. The third kappa shape index (κ3) is 3.65. The maximum Gasteiger partial charge on any atom is 0.250 e. The summed E-state index contributed by atoms with van der Waals surface area (Å²) in [6.07, 6.45) is 0. The zero-order chi connectivity index (χ0) is 17.1. The summed E-state index contributed by atoms with van der Waals surface area (Å²) in [5, 5.41) is 14.7. The predicted octanol–water partition coefficient (Wildman–Crippen LogP) is 3.44. The van der Waals surface area contributed by atoms with Gasteiger partial charge in [0.15, 0.2) is 0 Å². The van der Waals surface area contributed by atoms with E-state index < -0.39 is 6.04 Å². The van der Waals surface area contributed by atoms with Gasteiger partial charge in [0.25, 0.3) is 5.91 Å². The number of hydrogen-bond donors (Lipinski definition) is 1. The van der Waals surface area contributed by atoms with Crippen molar-refractivity contribution < 1.29 is 9.18 Å². The van der Waals surface area contributed by atoms with Gasteiger partial charge >= 0.3 is 0 Å². The average Bonchev–Trinajstić information content (AvgIpc) is 3.06. The van der Waals surface area contributed by atoms with Gasteiger partial charge in [-0.1, -0.05) is 28.1 Å². The van der Waals surface area contributed by atoms with Crippen LogP contribution in [0, 0.1) is 5.82 Å². The fourth-order valence-corrected chi connectivity index (χ4v) is 2.28. The number of nitrogens with one attached hydrogen (secondary N) is 1. The van der Waals surface area contributed by atoms with Crippen LogP contribution in [0.15, 0.2) is 53.0 Å². The summed E-state index contributed by atoms with van der Waals surface area (Å²) in [5.41, 5.74) is 1.17. The second-order valence-corrected chi connectivity index (χ2v) is 6.03. The Hall–Kier alpha value is -2.61. The van der Waals surface area contributed by atoms with Crippen molar-refractivity contribution in [2.45, 2.75) is 13.0 Å². The van der Waals surface area contributed by atoms with Gasteiger partial charge in [0.1, 0.15) is 11.9 Å². The van der Waals surface area contributed by atoms with Crippen molar-refractivity contribution >= 4 is 27.5 Å². The molecule has 1 heterocycles. The van der Waals surface area contributed by atoms with Gasteiger partial charge in [-0.2, -0.15) is 4.80 Å². The smallest absolute Gasteiger partial charge is 0.250 e. The van der Waals surface area contributed by atoms with Crippen LogP contribution in [0.5, 0.6) is 0 Å². The van der Waals surface area contributed by atoms with Crippen LogP contribution in [-0.2, 0) is 4.79 Å². The standard InChI is InChI=1S/C16H13BrFN5O/c1-10(16(24)19-14-7-5-12(17)6-8-14)23-21-15(20-22-23)11-3-2-4-13(18)9-11/h2-10H,1H3,(H,19,24)/t10-/m1/s1. The molecule has 0 aliphatic heterocycles. The molecule has 1 atom stereocenters. The Kier molecular flexibility index (Phi) is 4.66. The zero-order valence-electron chi connectivity index (χ0n) is 12.6. The molecule has 1 N–H and O–H groups in total. The van der Waals surface area contributed by atoms with Gasteiger partial charge in [-0.25, -0.2) is 4.39 Å². The van der Waals surface area contributed by atoms with Crippen LogP contribution in [0.25, 0.3) is 11.4 Å². The van der Waals surface area contributed by atoms with Crippen LogP contribution in [0.4, 0.5) is 10.1 Å². The molecular formula is C16H13BrFN5O. The lowest BCUT2D eigenvalue weighted by Gasteiger charge is -2.10. The van der Waals surface area contributed by atoms with Gasteiger partial charge in [0, 0.05) is 15.7 Å². The van der Waals surface area contributed by atoms with Gasteiger partial charge in [0.05, 0.1) is 0 Å². The summed E-state index contributed by atoms with van der Waals surface area (Å²) < 4.78 is 14.2. The van der Waals surface area contributed by atoms with E-state index in [1.165, 1.54) is 16.9 Å². The van der Waals surface area contributed by atoms with Crippen LogP contribution < -0.4 is 5.32 Å². The van der Waals surface area contributed by atoms with Crippen molar-refractivity contribution in [3.05, 3.63) is 58.8 Å². The number of amides is 1. The molecule has 0 unspecified atom stereocenters. The first-order valence-electron chi connectivity index (χ1n) is 7.15. The molecular weight excluding hydrogens is 377 g/mol. The molecule has 3 rings (SSSR count). The van der Waals surface area contributed by atoms with Crippen LogP contribution in [0.3, 0.4) is 0 Å². The Balaban J connectivity index is 1.74. The van der Waals surface area contributed by atoms with Crippen molar-refractivity contribution in [3.63, 3.8) is 0 Å². The Morgan fingerprint density at radius 2 is 2.00 bits per heavy atom. The molecule has 8 heteroatoms. The Bertz CT molecular complexity index is 865. The maximum absolute atomic E-state index is 13.3. The second kappa shape index (κ2) is 6.88. The van der Waals surface area contributed by atoms with Crippen LogP contribution in [0.1, 0.15) is 13.0 Å². The third-order valence-corrected chi connectivity index (χ3v) is 3.88. The van der Waals surface area contributed by atoms with E-state index in [1.807, 2.05) is 12.1 Å². The van der Waals surface area contributed by atoms with Crippen LogP contribution in [0.2, 0.25) is 0 Å². The second-order valence-electron chi connectivity index (χ2n) is 5.12. The highest BCUT2D eigenvalue weighted by atomic mass is 79.9. The quantitative estimate of drug-likeness (QED) is 0.741. The number of tetrazole rings is 1. The molecule has 0 saturated heterocycles. The third-order valence-electron chi connectivity index (χ3n) is 3.35. The van der Waals surface area contributed by atoms with E-state index in [0.717, 1.165) is 4.47 Å². The van der Waals surface area contributed by atoms with Crippen LogP contribution in [-0.4, -0.2) is 26.1 Å². The first kappa shape index (κ1) is 16.3. The topological polar surface area (TPSA) is 72.7 Å². The highest BCUT2D eigenvalue weighted by Crippen LogP contribution is 2.17. The molecule has 2 aromatic carbocycles. The molecule has 6 nitrogen and oxygen atoms in total. The van der Waals surface area contributed by atoms with Crippen molar-refractivity contribution in [2.75, 3.05) is 5.32 Å². The summed E-state index contributed by atoms with van der Waals surface area (Å²) in [5.74, 6) is -0.400. The van der Waals surface area contributed by atoms with Crippen molar-refractivity contribution in [1.82, 2.24) is 20.2 Å². The van der Waals surface area contributed by atoms with Crippen molar-refractivity contribution in [2.24, 2.45) is 0 Å². The molecule has 1 amide bonds. The molecule has 0 aliphatic rings. The highest BCUT2D eigenvalue weighted by molar-refractivity contribution is 9.10. The minimum absolute atomic E-state index is 0.262. The SMILES string of the molecule is C[C@H](C(=O)Nc1ccc(Br)cc1)n1nnc(-c2cccc(F)c2)n1. The average molecular weight is 390 g/mol. The molecule has 0 radical (unpaired) electrons. The van der Waals surface area contributed by atoms with Gasteiger partial charge < -0.3 is 5.32 Å². The number of carbonyl (C=O) groups is 1. The summed E-state index contributed by atoms with van der Waals surface area (Å²) >= 11 is 3.34. The summed E-state index contributed by atoms with van der Waals surface area (Å²) in [6.45, 7) is 1.66. The normalized spacial score (nSPS) is 12.0. The van der Waals surface area contributed by atoms with Crippen molar-refractivity contribution in [3.8, 4) is 11.4 Å². The largest absolute Gasteiger partial charge is 0.324 e. The molecule has 1 aromatic heterocycles. The van der Waals surface area contributed by atoms with E-state index in [2.05, 4.69) is 36.7 Å². The predicted molar refractivity (Wildman–Crippen MR) is 90.7 cm³/mol. The fraction of sp³-hybridized carbons (Fsp3) is 0.125. The first-order valence-corrected chi connectivity index (χ1v) is 7.94. The van der Waals surface area contributed by atoms with E-state index in [4.69, 9.17) is 0 Å². The molecule has 122 valence electrons. The Morgan fingerprint density at radius 3 is 2.71 bits per heavy atom. The summed E-state index contributed by atoms with van der Waals surface area (Å²) in [4.78, 5) is 13.5. The number of anilines is 1. The van der Waals surface area contributed by atoms with Gasteiger partial charge in [-0.3, -0.25) is 4.79 Å². The minimum atomic E-state index is -0.663. The van der Waals surface area contributed by atoms with Gasteiger partial charge in [-0.05, 0) is 48.5 Å². The van der Waals surface area contributed by atoms with E-state index in [9.17, 15) is 9.18 Å².